The zero-order chi connectivity index (χ0) is 18.3. The molecule has 1 amide bonds. The van der Waals surface area contributed by atoms with Crippen LogP contribution in [0.1, 0.15) is 10.4 Å². The number of fused-ring (bicyclic) bond motifs is 2. The summed E-state index contributed by atoms with van der Waals surface area (Å²) in [5.74, 6) is -1.57. The molecule has 0 unspecified atom stereocenters. The minimum atomic E-state index is -0.984. The van der Waals surface area contributed by atoms with Gasteiger partial charge < -0.3 is 15.4 Å². The number of carboxylic acids is 1. The third kappa shape index (κ3) is 2.67. The minimum absolute atomic E-state index is 0.233. The van der Waals surface area contributed by atoms with Crippen LogP contribution in [0.2, 0.25) is 0 Å². The van der Waals surface area contributed by atoms with Crippen molar-refractivity contribution in [1.82, 2.24) is 9.55 Å². The van der Waals surface area contributed by atoms with E-state index in [-0.39, 0.29) is 6.54 Å². The molecule has 4 rings (SSSR count). The van der Waals surface area contributed by atoms with Gasteiger partial charge in [0, 0.05) is 28.7 Å². The summed E-state index contributed by atoms with van der Waals surface area (Å²) in [5, 5.41) is 10.7. The van der Waals surface area contributed by atoms with E-state index >= 15 is 0 Å². The normalized spacial score (nSPS) is 11.1. The number of nitrogens with two attached hydrogens (primary N) is 1. The lowest BCUT2D eigenvalue weighted by Gasteiger charge is -2.06. The number of benzene rings is 2. The molecular formula is C20H15N3O3. The number of amides is 1. The molecule has 0 radical (unpaired) electrons. The van der Waals surface area contributed by atoms with Crippen LogP contribution in [0.25, 0.3) is 32.9 Å². The van der Waals surface area contributed by atoms with Crippen LogP contribution in [0.3, 0.4) is 0 Å². The highest BCUT2D eigenvalue weighted by molar-refractivity contribution is 6.07. The van der Waals surface area contributed by atoms with Crippen molar-refractivity contribution < 1.29 is 14.7 Å². The van der Waals surface area contributed by atoms with Crippen molar-refractivity contribution in [2.45, 2.75) is 6.54 Å². The lowest BCUT2D eigenvalue weighted by atomic mass is 10.0. The summed E-state index contributed by atoms with van der Waals surface area (Å²) in [5.41, 5.74) is 9.18. The van der Waals surface area contributed by atoms with E-state index in [0.717, 1.165) is 22.0 Å². The minimum Gasteiger partial charge on any atom is -0.480 e. The summed E-state index contributed by atoms with van der Waals surface area (Å²) in [4.78, 5) is 27.2. The van der Waals surface area contributed by atoms with Crippen molar-refractivity contribution in [2.24, 2.45) is 5.73 Å². The van der Waals surface area contributed by atoms with Gasteiger partial charge in [-0.05, 0) is 35.4 Å². The number of carboxylic acid groups (broad SMARTS) is 1. The molecule has 0 spiro atoms. The summed E-state index contributed by atoms with van der Waals surface area (Å²) < 4.78 is 1.52. The van der Waals surface area contributed by atoms with E-state index < -0.39 is 11.9 Å². The second-order valence-electron chi connectivity index (χ2n) is 6.07. The third-order valence-electron chi connectivity index (χ3n) is 4.39. The van der Waals surface area contributed by atoms with Gasteiger partial charge in [-0.2, -0.15) is 0 Å². The smallest absolute Gasteiger partial charge is 0.323 e. The Kier molecular flexibility index (Phi) is 3.65. The van der Waals surface area contributed by atoms with Gasteiger partial charge in [0.15, 0.2) is 0 Å². The fourth-order valence-electron chi connectivity index (χ4n) is 3.20. The fourth-order valence-corrected chi connectivity index (χ4v) is 3.20. The number of pyridine rings is 1. The molecule has 2 aromatic heterocycles. The number of nitrogens with zero attached hydrogens (tertiary/aromatic N) is 2. The SMILES string of the molecule is NC(=O)c1cn(CC(=O)O)c2ccc(-c3ccc4cccnc4c3)cc12. The van der Waals surface area contributed by atoms with Gasteiger partial charge in [0.05, 0.1) is 11.1 Å². The van der Waals surface area contributed by atoms with Crippen molar-refractivity contribution in [1.29, 1.82) is 0 Å². The molecule has 0 bridgehead atoms. The van der Waals surface area contributed by atoms with E-state index in [2.05, 4.69) is 4.98 Å². The van der Waals surface area contributed by atoms with Gasteiger partial charge >= 0.3 is 5.97 Å². The fraction of sp³-hybridized carbons (Fsp3) is 0.0500. The number of rotatable bonds is 4. The molecule has 128 valence electrons. The van der Waals surface area contributed by atoms with Crippen LogP contribution in [0.15, 0.2) is 60.9 Å². The molecule has 0 aliphatic rings. The molecule has 3 N–H and O–H groups in total. The standard InChI is InChI=1S/C20H15N3O3/c21-20(26)16-10-23(11-19(24)25)18-6-5-13(8-15(16)18)14-4-3-12-2-1-7-22-17(12)9-14/h1-10H,11H2,(H2,21,26)(H,24,25). The van der Waals surface area contributed by atoms with Gasteiger partial charge in [-0.1, -0.05) is 24.3 Å². The van der Waals surface area contributed by atoms with Crippen LogP contribution in [-0.4, -0.2) is 26.5 Å². The Labute approximate surface area is 148 Å². The first kappa shape index (κ1) is 15.8. The lowest BCUT2D eigenvalue weighted by Crippen LogP contribution is -2.11. The quantitative estimate of drug-likeness (QED) is 0.594. The van der Waals surface area contributed by atoms with Crippen molar-refractivity contribution in [2.75, 3.05) is 0 Å². The van der Waals surface area contributed by atoms with Crippen molar-refractivity contribution in [3.05, 3.63) is 66.5 Å². The number of hydrogen-bond acceptors (Lipinski definition) is 3. The summed E-state index contributed by atoms with van der Waals surface area (Å²) >= 11 is 0. The topological polar surface area (TPSA) is 98.2 Å². The molecule has 0 saturated heterocycles. The lowest BCUT2D eigenvalue weighted by molar-refractivity contribution is -0.137. The highest BCUT2D eigenvalue weighted by Gasteiger charge is 2.15. The maximum atomic E-state index is 11.8. The number of aromatic nitrogens is 2. The molecule has 0 saturated carbocycles. The average molecular weight is 345 g/mol. The Morgan fingerprint density at radius 2 is 1.85 bits per heavy atom. The summed E-state index contributed by atoms with van der Waals surface area (Å²) in [6, 6.07) is 15.4. The van der Waals surface area contributed by atoms with Gasteiger partial charge in [0.1, 0.15) is 6.54 Å². The summed E-state index contributed by atoms with van der Waals surface area (Å²) in [7, 11) is 0. The first-order chi connectivity index (χ1) is 12.5. The molecule has 6 heteroatoms. The van der Waals surface area contributed by atoms with Crippen LogP contribution in [0, 0.1) is 0 Å². The number of primary amides is 1. The Bertz CT molecular complexity index is 1180. The van der Waals surface area contributed by atoms with Crippen molar-refractivity contribution >= 4 is 33.7 Å². The van der Waals surface area contributed by atoms with Crippen LogP contribution in [0.4, 0.5) is 0 Å². The van der Waals surface area contributed by atoms with Crippen molar-refractivity contribution in [3.8, 4) is 11.1 Å². The van der Waals surface area contributed by atoms with Crippen LogP contribution < -0.4 is 5.73 Å². The largest absolute Gasteiger partial charge is 0.480 e. The molecule has 0 fully saturated rings. The maximum absolute atomic E-state index is 11.8. The van der Waals surface area contributed by atoms with E-state index in [4.69, 9.17) is 10.8 Å². The van der Waals surface area contributed by atoms with E-state index in [0.29, 0.717) is 16.5 Å². The molecule has 0 atom stereocenters. The molecule has 26 heavy (non-hydrogen) atoms. The first-order valence-corrected chi connectivity index (χ1v) is 8.02. The van der Waals surface area contributed by atoms with Gasteiger partial charge in [0.25, 0.3) is 5.91 Å². The van der Waals surface area contributed by atoms with Gasteiger partial charge in [-0.25, -0.2) is 0 Å². The molecule has 4 aromatic rings. The van der Waals surface area contributed by atoms with Gasteiger partial charge in [-0.15, -0.1) is 0 Å². The van der Waals surface area contributed by atoms with Crippen molar-refractivity contribution in [3.63, 3.8) is 0 Å². The zero-order valence-electron chi connectivity index (χ0n) is 13.7. The van der Waals surface area contributed by atoms with Gasteiger partial charge in [-0.3, -0.25) is 14.6 Å². The van der Waals surface area contributed by atoms with Crippen LogP contribution >= 0.6 is 0 Å². The van der Waals surface area contributed by atoms with Crippen LogP contribution in [-0.2, 0) is 11.3 Å². The van der Waals surface area contributed by atoms with E-state index in [9.17, 15) is 9.59 Å². The molecular weight excluding hydrogens is 330 g/mol. The molecule has 0 aliphatic carbocycles. The maximum Gasteiger partial charge on any atom is 0.323 e. The molecule has 2 aromatic carbocycles. The Morgan fingerprint density at radius 3 is 2.62 bits per heavy atom. The van der Waals surface area contributed by atoms with E-state index in [1.807, 2.05) is 48.5 Å². The molecule has 2 heterocycles. The zero-order valence-corrected chi connectivity index (χ0v) is 13.7. The third-order valence-corrected chi connectivity index (χ3v) is 4.39. The number of hydrogen-bond donors (Lipinski definition) is 2. The second kappa shape index (κ2) is 6.00. The number of carbonyl (C=O) groups excluding carboxylic acids is 1. The monoisotopic (exact) mass is 345 g/mol. The predicted molar refractivity (Wildman–Crippen MR) is 98.8 cm³/mol. The predicted octanol–water partition coefficient (Wildman–Crippen LogP) is 3.04. The Morgan fingerprint density at radius 1 is 1.08 bits per heavy atom. The number of carbonyl (C=O) groups is 2. The Hall–Kier alpha value is -3.67. The summed E-state index contributed by atoms with van der Waals surface area (Å²) in [6.45, 7) is -0.233. The Balaban J connectivity index is 1.89. The van der Waals surface area contributed by atoms with Crippen LogP contribution in [0.5, 0.6) is 0 Å². The second-order valence-corrected chi connectivity index (χ2v) is 6.07. The average Bonchev–Trinajstić information content (AvgIpc) is 2.99. The molecule has 6 nitrogen and oxygen atoms in total. The van der Waals surface area contributed by atoms with E-state index in [1.165, 1.54) is 10.8 Å². The molecule has 0 aliphatic heterocycles. The highest BCUT2D eigenvalue weighted by atomic mass is 16.4. The highest BCUT2D eigenvalue weighted by Crippen LogP contribution is 2.29. The first-order valence-electron chi connectivity index (χ1n) is 8.02. The van der Waals surface area contributed by atoms with Gasteiger partial charge in [0.2, 0.25) is 0 Å². The van der Waals surface area contributed by atoms with E-state index in [1.54, 1.807) is 6.20 Å². The number of aliphatic carboxylic acids is 1. The summed E-state index contributed by atoms with van der Waals surface area (Å²) in [6.07, 6.45) is 3.24.